The average Bonchev–Trinajstić information content (AvgIpc) is 2.41. The van der Waals surface area contributed by atoms with Crippen LogP contribution in [0.4, 0.5) is 4.79 Å². The van der Waals surface area contributed by atoms with E-state index >= 15 is 0 Å². The highest BCUT2D eigenvalue weighted by Crippen LogP contribution is 2.37. The van der Waals surface area contributed by atoms with Crippen LogP contribution >= 0.6 is 0 Å². The Labute approximate surface area is 160 Å². The molecule has 0 radical (unpaired) electrons. The minimum atomic E-state index is -2.09. The molecule has 0 bridgehead atoms. The minimum absolute atomic E-state index is 0.00592. The van der Waals surface area contributed by atoms with Crippen molar-refractivity contribution in [1.29, 1.82) is 0 Å². The highest BCUT2D eigenvalue weighted by Gasteiger charge is 2.40. The SMILES string of the molecule is CC(C)(C)OC(=O)NCCCCCCC(O[Si](C)(C)C(C)(C)C)C(=O)O. The summed E-state index contributed by atoms with van der Waals surface area (Å²) in [5, 5.41) is 12.2. The Morgan fingerprint density at radius 2 is 1.54 bits per heavy atom. The third-order valence-electron chi connectivity index (χ3n) is 4.58. The molecule has 0 aromatic rings. The summed E-state index contributed by atoms with van der Waals surface area (Å²) in [4.78, 5) is 23.0. The second kappa shape index (κ2) is 10.3. The van der Waals surface area contributed by atoms with Crippen molar-refractivity contribution >= 4 is 20.4 Å². The van der Waals surface area contributed by atoms with Crippen LogP contribution in [0.25, 0.3) is 0 Å². The number of carbonyl (C=O) groups is 2. The minimum Gasteiger partial charge on any atom is -0.479 e. The highest BCUT2D eigenvalue weighted by molar-refractivity contribution is 6.74. The summed E-state index contributed by atoms with van der Waals surface area (Å²) in [6, 6.07) is 0. The quantitative estimate of drug-likeness (QED) is 0.408. The molecule has 0 aromatic carbocycles. The van der Waals surface area contributed by atoms with Crippen molar-refractivity contribution in [2.45, 2.75) is 103 Å². The van der Waals surface area contributed by atoms with Gasteiger partial charge < -0.3 is 19.6 Å². The Morgan fingerprint density at radius 3 is 2.00 bits per heavy atom. The maximum atomic E-state index is 11.5. The van der Waals surface area contributed by atoms with Crippen LogP contribution < -0.4 is 5.32 Å². The van der Waals surface area contributed by atoms with Gasteiger partial charge in [-0.3, -0.25) is 0 Å². The molecule has 0 spiro atoms. The lowest BCUT2D eigenvalue weighted by Gasteiger charge is -2.38. The number of unbranched alkanes of at least 4 members (excludes halogenated alkanes) is 3. The molecule has 0 aliphatic heterocycles. The van der Waals surface area contributed by atoms with E-state index in [1.807, 2.05) is 20.8 Å². The summed E-state index contributed by atoms with van der Waals surface area (Å²) in [6.45, 7) is 16.5. The lowest BCUT2D eigenvalue weighted by molar-refractivity contribution is -0.146. The number of carboxylic acid groups (broad SMARTS) is 1. The number of aliphatic carboxylic acids is 1. The maximum absolute atomic E-state index is 11.5. The number of carboxylic acids is 1. The smallest absolute Gasteiger partial charge is 0.407 e. The molecule has 0 saturated heterocycles. The zero-order valence-corrected chi connectivity index (χ0v) is 18.9. The van der Waals surface area contributed by atoms with Gasteiger partial charge in [0.05, 0.1) is 0 Å². The van der Waals surface area contributed by atoms with Crippen molar-refractivity contribution < 1.29 is 23.9 Å². The van der Waals surface area contributed by atoms with Gasteiger partial charge in [-0.25, -0.2) is 9.59 Å². The van der Waals surface area contributed by atoms with Crippen LogP contribution in [-0.2, 0) is 14.0 Å². The first kappa shape index (κ1) is 24.9. The molecule has 1 atom stereocenters. The van der Waals surface area contributed by atoms with Gasteiger partial charge in [0.2, 0.25) is 0 Å². The standard InChI is InChI=1S/C19H39NO5Si/c1-18(2,3)24-17(23)20-14-12-10-9-11-13-15(16(21)22)25-26(7,8)19(4,5)6/h15H,9-14H2,1-8H3,(H,20,23)(H,21,22). The highest BCUT2D eigenvalue weighted by atomic mass is 28.4. The first-order valence-electron chi connectivity index (χ1n) is 9.53. The second-order valence-corrected chi connectivity index (χ2v) is 14.1. The topological polar surface area (TPSA) is 84.9 Å². The number of ether oxygens (including phenoxy) is 1. The Kier molecular flexibility index (Phi) is 9.87. The largest absolute Gasteiger partial charge is 0.479 e. The predicted molar refractivity (Wildman–Crippen MR) is 107 cm³/mol. The van der Waals surface area contributed by atoms with Crippen LogP contribution in [0, 0.1) is 0 Å². The Balaban J connectivity index is 4.06. The third kappa shape index (κ3) is 10.8. The van der Waals surface area contributed by atoms with Gasteiger partial charge in [-0.1, -0.05) is 40.0 Å². The maximum Gasteiger partial charge on any atom is 0.407 e. The van der Waals surface area contributed by atoms with E-state index in [0.717, 1.165) is 25.7 Å². The van der Waals surface area contributed by atoms with Crippen molar-refractivity contribution in [3.63, 3.8) is 0 Å². The molecule has 2 N–H and O–H groups in total. The summed E-state index contributed by atoms with van der Waals surface area (Å²) in [6.07, 6.45) is 2.91. The number of hydrogen-bond acceptors (Lipinski definition) is 4. The molecule has 0 rings (SSSR count). The Bertz CT molecular complexity index is 452. The number of alkyl carbamates (subject to hydrolysis) is 1. The van der Waals surface area contributed by atoms with Crippen molar-refractivity contribution in [1.82, 2.24) is 5.32 Å². The van der Waals surface area contributed by atoms with E-state index in [1.54, 1.807) is 0 Å². The fourth-order valence-electron chi connectivity index (χ4n) is 2.08. The monoisotopic (exact) mass is 389 g/mol. The number of nitrogens with one attached hydrogen (secondary N) is 1. The van der Waals surface area contributed by atoms with Gasteiger partial charge in [-0.05, 0) is 51.7 Å². The summed E-state index contributed by atoms with van der Waals surface area (Å²) >= 11 is 0. The predicted octanol–water partition coefficient (Wildman–Crippen LogP) is 4.94. The molecule has 1 unspecified atom stereocenters. The average molecular weight is 390 g/mol. The van der Waals surface area contributed by atoms with E-state index in [0.29, 0.717) is 13.0 Å². The fraction of sp³-hybridized carbons (Fsp3) is 0.895. The van der Waals surface area contributed by atoms with Gasteiger partial charge in [-0.15, -0.1) is 0 Å². The zero-order valence-electron chi connectivity index (χ0n) is 17.9. The van der Waals surface area contributed by atoms with Gasteiger partial charge in [-0.2, -0.15) is 0 Å². The van der Waals surface area contributed by atoms with Gasteiger partial charge in [0, 0.05) is 6.54 Å². The molecule has 6 nitrogen and oxygen atoms in total. The first-order valence-corrected chi connectivity index (χ1v) is 12.4. The van der Waals surface area contributed by atoms with Crippen molar-refractivity contribution in [2.75, 3.05) is 6.54 Å². The lowest BCUT2D eigenvalue weighted by Crippen LogP contribution is -2.46. The molecule has 0 heterocycles. The summed E-state index contributed by atoms with van der Waals surface area (Å²) in [7, 11) is -2.09. The summed E-state index contributed by atoms with van der Waals surface area (Å²) in [5.41, 5.74) is -0.486. The van der Waals surface area contributed by atoms with Crippen LogP contribution in [0.2, 0.25) is 18.1 Å². The normalized spacial score (nSPS) is 14.0. The van der Waals surface area contributed by atoms with Crippen LogP contribution in [0.1, 0.15) is 73.6 Å². The number of carbonyl (C=O) groups excluding carboxylic acids is 1. The molecule has 0 saturated carbocycles. The summed E-state index contributed by atoms with van der Waals surface area (Å²) in [5.74, 6) is -0.874. The van der Waals surface area contributed by atoms with Gasteiger partial charge in [0.15, 0.2) is 8.32 Å². The molecule has 1 amide bonds. The molecule has 0 aliphatic rings. The number of rotatable bonds is 10. The van der Waals surface area contributed by atoms with E-state index < -0.39 is 32.1 Å². The van der Waals surface area contributed by atoms with E-state index in [2.05, 4.69) is 39.2 Å². The molecular weight excluding hydrogens is 350 g/mol. The van der Waals surface area contributed by atoms with Crippen LogP contribution in [0.3, 0.4) is 0 Å². The molecule has 26 heavy (non-hydrogen) atoms. The van der Waals surface area contributed by atoms with E-state index in [4.69, 9.17) is 9.16 Å². The molecule has 154 valence electrons. The Hall–Kier alpha value is -1.08. The second-order valence-electron chi connectivity index (χ2n) is 9.34. The number of hydrogen-bond donors (Lipinski definition) is 2. The van der Waals surface area contributed by atoms with Crippen molar-refractivity contribution in [3.05, 3.63) is 0 Å². The van der Waals surface area contributed by atoms with Gasteiger partial charge >= 0.3 is 12.1 Å². The Morgan fingerprint density at radius 1 is 1.00 bits per heavy atom. The van der Waals surface area contributed by atoms with E-state index in [1.165, 1.54) is 0 Å². The molecule has 0 aromatic heterocycles. The lowest BCUT2D eigenvalue weighted by atomic mass is 10.1. The van der Waals surface area contributed by atoms with E-state index in [9.17, 15) is 14.7 Å². The van der Waals surface area contributed by atoms with Crippen LogP contribution in [0.5, 0.6) is 0 Å². The first-order chi connectivity index (χ1) is 11.7. The molecular formula is C19H39NO5Si. The number of amides is 1. The fourth-order valence-corrected chi connectivity index (χ4v) is 3.36. The van der Waals surface area contributed by atoms with Gasteiger partial charge in [0.25, 0.3) is 0 Å². The zero-order chi connectivity index (χ0) is 20.6. The molecule has 0 fully saturated rings. The van der Waals surface area contributed by atoms with Crippen molar-refractivity contribution in [2.24, 2.45) is 0 Å². The molecule has 7 heteroatoms. The van der Waals surface area contributed by atoms with Crippen LogP contribution in [-0.4, -0.2) is 43.7 Å². The third-order valence-corrected chi connectivity index (χ3v) is 9.07. The van der Waals surface area contributed by atoms with Crippen LogP contribution in [0.15, 0.2) is 0 Å². The van der Waals surface area contributed by atoms with Gasteiger partial charge in [0.1, 0.15) is 11.7 Å². The van der Waals surface area contributed by atoms with E-state index in [-0.39, 0.29) is 5.04 Å². The van der Waals surface area contributed by atoms with Crippen molar-refractivity contribution in [3.8, 4) is 0 Å². The molecule has 0 aliphatic carbocycles. The summed E-state index contributed by atoms with van der Waals surface area (Å²) < 4.78 is 11.2.